The maximum absolute atomic E-state index is 12.9. The number of benzene rings is 2. The molecule has 0 spiro atoms. The summed E-state index contributed by atoms with van der Waals surface area (Å²) in [7, 11) is -1.78. The van der Waals surface area contributed by atoms with Crippen molar-refractivity contribution in [3.63, 3.8) is 0 Å². The summed E-state index contributed by atoms with van der Waals surface area (Å²) in [6.45, 7) is 0.220. The lowest BCUT2D eigenvalue weighted by Gasteiger charge is -2.12. The summed E-state index contributed by atoms with van der Waals surface area (Å²) in [6.07, 6.45) is 3.29. The molecular formula is C20H15ClN4O3S2. The number of ether oxygens (including phenoxy) is 1. The highest BCUT2D eigenvalue weighted by Crippen LogP contribution is 2.39. The molecule has 1 aliphatic heterocycles. The molecule has 0 amide bonds. The van der Waals surface area contributed by atoms with Crippen LogP contribution < -0.4 is 9.04 Å². The number of aryl methyl sites for hydroxylation is 1. The highest BCUT2D eigenvalue weighted by atomic mass is 35.5. The van der Waals surface area contributed by atoms with Gasteiger partial charge in [-0.3, -0.25) is 4.68 Å². The van der Waals surface area contributed by atoms with Gasteiger partial charge in [-0.25, -0.2) is 17.7 Å². The minimum absolute atomic E-state index is 0.220. The molecule has 0 saturated heterocycles. The summed E-state index contributed by atoms with van der Waals surface area (Å²) < 4.78 is 34.9. The van der Waals surface area contributed by atoms with E-state index in [0.29, 0.717) is 27.2 Å². The summed E-state index contributed by atoms with van der Waals surface area (Å²) >= 11 is 7.49. The molecule has 0 radical (unpaired) electrons. The van der Waals surface area contributed by atoms with Gasteiger partial charge in [-0.2, -0.15) is 5.10 Å². The molecule has 152 valence electrons. The minimum Gasteiger partial charge on any atom is -0.457 e. The maximum Gasteiger partial charge on any atom is 0.266 e. The first-order valence-electron chi connectivity index (χ1n) is 8.94. The molecule has 5 rings (SSSR count). The van der Waals surface area contributed by atoms with Crippen LogP contribution in [0.4, 0.5) is 5.13 Å². The fourth-order valence-corrected chi connectivity index (χ4v) is 6.06. The van der Waals surface area contributed by atoms with E-state index in [9.17, 15) is 8.42 Å². The van der Waals surface area contributed by atoms with Crippen molar-refractivity contribution >= 4 is 38.1 Å². The molecular weight excluding hydrogens is 444 g/mol. The molecule has 4 aromatic rings. The zero-order valence-electron chi connectivity index (χ0n) is 15.7. The van der Waals surface area contributed by atoms with Gasteiger partial charge in [0.1, 0.15) is 11.5 Å². The van der Waals surface area contributed by atoms with E-state index in [-0.39, 0.29) is 11.4 Å². The van der Waals surface area contributed by atoms with Crippen molar-refractivity contribution in [1.82, 2.24) is 14.8 Å². The summed E-state index contributed by atoms with van der Waals surface area (Å²) in [4.78, 5) is 4.41. The van der Waals surface area contributed by atoms with Gasteiger partial charge in [-0.15, -0.1) is 11.3 Å². The molecule has 3 heterocycles. The highest BCUT2D eigenvalue weighted by molar-refractivity contribution is 7.93. The minimum atomic E-state index is -3.62. The Labute approximate surface area is 182 Å². The normalized spacial score (nSPS) is 14.7. The lowest BCUT2D eigenvalue weighted by molar-refractivity contribution is 0.482. The average molecular weight is 459 g/mol. The predicted molar refractivity (Wildman–Crippen MR) is 116 cm³/mol. The number of fused-ring (bicyclic) bond motifs is 1. The smallest absolute Gasteiger partial charge is 0.266 e. The highest BCUT2D eigenvalue weighted by Gasteiger charge is 2.36. The summed E-state index contributed by atoms with van der Waals surface area (Å²) in [5, 5.41) is 6.99. The Hall–Kier alpha value is -2.88. The Morgan fingerprint density at radius 1 is 1.13 bits per heavy atom. The number of hydrogen-bond acceptors (Lipinski definition) is 6. The Balaban J connectivity index is 1.51. The van der Waals surface area contributed by atoms with Crippen LogP contribution in [-0.2, 0) is 23.6 Å². The largest absolute Gasteiger partial charge is 0.457 e. The first kappa shape index (κ1) is 19.1. The molecule has 2 aromatic heterocycles. The van der Waals surface area contributed by atoms with Gasteiger partial charge in [0.2, 0.25) is 0 Å². The Bertz CT molecular complexity index is 1350. The number of sulfonamides is 1. The summed E-state index contributed by atoms with van der Waals surface area (Å²) in [6, 6.07) is 12.2. The first-order chi connectivity index (χ1) is 14.4. The van der Waals surface area contributed by atoms with E-state index >= 15 is 0 Å². The van der Waals surface area contributed by atoms with Crippen molar-refractivity contribution in [2.24, 2.45) is 7.05 Å². The van der Waals surface area contributed by atoms with Crippen molar-refractivity contribution < 1.29 is 13.2 Å². The summed E-state index contributed by atoms with van der Waals surface area (Å²) in [5.74, 6) is 1.14. The van der Waals surface area contributed by atoms with Gasteiger partial charge >= 0.3 is 0 Å². The lowest BCUT2D eigenvalue weighted by Crippen LogP contribution is -2.23. The monoisotopic (exact) mass is 458 g/mol. The fraction of sp³-hybridized carbons (Fsp3) is 0.100. The van der Waals surface area contributed by atoms with Gasteiger partial charge < -0.3 is 4.74 Å². The lowest BCUT2D eigenvalue weighted by atomic mass is 10.1. The molecule has 0 unspecified atom stereocenters. The van der Waals surface area contributed by atoms with Crippen LogP contribution in [0.5, 0.6) is 11.5 Å². The number of rotatable bonds is 4. The van der Waals surface area contributed by atoms with Gasteiger partial charge in [-0.1, -0.05) is 11.6 Å². The van der Waals surface area contributed by atoms with E-state index in [1.165, 1.54) is 15.6 Å². The van der Waals surface area contributed by atoms with Gasteiger partial charge in [0.25, 0.3) is 10.0 Å². The molecule has 0 bridgehead atoms. The number of halogens is 1. The number of anilines is 1. The molecule has 7 nitrogen and oxygen atoms in total. The number of thiazole rings is 1. The van der Waals surface area contributed by atoms with Gasteiger partial charge in [0.15, 0.2) is 5.13 Å². The quantitative estimate of drug-likeness (QED) is 0.443. The van der Waals surface area contributed by atoms with Crippen LogP contribution in [-0.4, -0.2) is 23.2 Å². The molecule has 0 atom stereocenters. The third-order valence-corrected chi connectivity index (χ3v) is 7.79. The Morgan fingerprint density at radius 3 is 2.73 bits per heavy atom. The molecule has 30 heavy (non-hydrogen) atoms. The maximum atomic E-state index is 12.9. The van der Waals surface area contributed by atoms with E-state index in [1.54, 1.807) is 52.8 Å². The van der Waals surface area contributed by atoms with Crippen LogP contribution in [0.25, 0.3) is 11.3 Å². The molecule has 0 N–H and O–H groups in total. The third kappa shape index (κ3) is 3.15. The van der Waals surface area contributed by atoms with Crippen molar-refractivity contribution in [3.05, 3.63) is 70.8 Å². The fourth-order valence-electron chi connectivity index (χ4n) is 3.42. The Kier molecular flexibility index (Phi) is 4.53. The number of hydrogen-bond donors (Lipinski definition) is 0. The van der Waals surface area contributed by atoms with Crippen LogP contribution in [0, 0.1) is 0 Å². The second kappa shape index (κ2) is 7.12. The number of aromatic nitrogens is 3. The standard InChI is InChI=1S/C20H15ClN4O3S2/c1-24-17(6-7-23-24)16-11-14(21)2-4-18(16)28-15-3-5-19-13(10-15)12-25(30(19,26)27)20-22-8-9-29-20/h2-11H,12H2,1H3. The summed E-state index contributed by atoms with van der Waals surface area (Å²) in [5.41, 5.74) is 2.31. The number of nitrogens with zero attached hydrogens (tertiary/aromatic N) is 4. The van der Waals surface area contributed by atoms with Crippen LogP contribution in [0.3, 0.4) is 0 Å². The second-order valence-electron chi connectivity index (χ2n) is 6.68. The van der Waals surface area contributed by atoms with Crippen molar-refractivity contribution in [1.29, 1.82) is 0 Å². The van der Waals surface area contributed by atoms with Gasteiger partial charge in [0.05, 0.1) is 17.1 Å². The predicted octanol–water partition coefficient (Wildman–Crippen LogP) is 4.70. The van der Waals surface area contributed by atoms with Crippen molar-refractivity contribution in [2.75, 3.05) is 4.31 Å². The zero-order chi connectivity index (χ0) is 20.9. The van der Waals surface area contributed by atoms with E-state index < -0.39 is 10.0 Å². The van der Waals surface area contributed by atoms with Gasteiger partial charge in [0, 0.05) is 35.4 Å². The molecule has 0 fully saturated rings. The van der Waals surface area contributed by atoms with E-state index in [0.717, 1.165) is 11.3 Å². The molecule has 1 aliphatic rings. The Morgan fingerprint density at radius 2 is 2.00 bits per heavy atom. The second-order valence-corrected chi connectivity index (χ2v) is 9.82. The van der Waals surface area contributed by atoms with Gasteiger partial charge in [-0.05, 0) is 48.0 Å². The SMILES string of the molecule is Cn1nccc1-c1cc(Cl)ccc1Oc1ccc2c(c1)CN(c1nccs1)S2(=O)=O. The van der Waals surface area contributed by atoms with Crippen molar-refractivity contribution in [3.8, 4) is 22.8 Å². The van der Waals surface area contributed by atoms with Crippen LogP contribution in [0.15, 0.2) is 65.1 Å². The average Bonchev–Trinajstić information content (AvgIpc) is 3.43. The van der Waals surface area contributed by atoms with E-state index in [2.05, 4.69) is 10.1 Å². The van der Waals surface area contributed by atoms with E-state index in [4.69, 9.17) is 16.3 Å². The van der Waals surface area contributed by atoms with Crippen LogP contribution >= 0.6 is 22.9 Å². The van der Waals surface area contributed by atoms with Crippen molar-refractivity contribution in [2.45, 2.75) is 11.4 Å². The topological polar surface area (TPSA) is 77.3 Å². The van der Waals surface area contributed by atoms with Crippen LogP contribution in [0.2, 0.25) is 5.02 Å². The molecule has 2 aromatic carbocycles. The zero-order valence-corrected chi connectivity index (χ0v) is 18.1. The first-order valence-corrected chi connectivity index (χ1v) is 11.6. The molecule has 10 heteroatoms. The molecule has 0 aliphatic carbocycles. The molecule has 0 saturated carbocycles. The third-order valence-electron chi connectivity index (χ3n) is 4.81. The van der Waals surface area contributed by atoms with Crippen LogP contribution in [0.1, 0.15) is 5.56 Å². The van der Waals surface area contributed by atoms with E-state index in [1.807, 2.05) is 19.2 Å².